The maximum absolute atomic E-state index is 12.7. The van der Waals surface area contributed by atoms with Crippen LogP contribution in [0.2, 0.25) is 0 Å². The topological polar surface area (TPSA) is 62.1 Å². The molecule has 28 heavy (non-hydrogen) atoms. The summed E-state index contributed by atoms with van der Waals surface area (Å²) in [6.45, 7) is 5.69. The van der Waals surface area contributed by atoms with Crippen LogP contribution in [0, 0.1) is 6.92 Å². The molecule has 2 aromatic carbocycles. The van der Waals surface area contributed by atoms with Crippen molar-refractivity contribution in [3.05, 3.63) is 52.3 Å². The van der Waals surface area contributed by atoms with Crippen LogP contribution in [0.5, 0.6) is 11.5 Å². The van der Waals surface area contributed by atoms with Crippen LogP contribution in [0.25, 0.3) is 10.2 Å². The summed E-state index contributed by atoms with van der Waals surface area (Å²) in [5, 5.41) is 0. The van der Waals surface area contributed by atoms with Gasteiger partial charge in [0.15, 0.2) is 16.3 Å². The average Bonchev–Trinajstić information content (AvgIpc) is 3.03. The molecule has 0 saturated heterocycles. The van der Waals surface area contributed by atoms with Gasteiger partial charge in [0.1, 0.15) is 0 Å². The lowest BCUT2D eigenvalue weighted by Crippen LogP contribution is -2.19. The lowest BCUT2D eigenvalue weighted by molar-refractivity contribution is 0.0996. The minimum atomic E-state index is -0.268. The van der Waals surface area contributed by atoms with Crippen molar-refractivity contribution < 1.29 is 19.0 Å². The van der Waals surface area contributed by atoms with Crippen molar-refractivity contribution in [1.29, 1.82) is 0 Å². The van der Waals surface area contributed by atoms with Crippen LogP contribution in [-0.4, -0.2) is 37.9 Å². The molecule has 7 heteroatoms. The molecular formula is C21H24N2O4S. The zero-order chi connectivity index (χ0) is 20.1. The van der Waals surface area contributed by atoms with E-state index < -0.39 is 0 Å². The molecule has 0 bridgehead atoms. The van der Waals surface area contributed by atoms with Gasteiger partial charge in [-0.2, -0.15) is 4.99 Å². The summed E-state index contributed by atoms with van der Waals surface area (Å²) in [6.07, 6.45) is 0. The number of carbonyl (C=O) groups is 1. The Hall–Kier alpha value is -2.64. The van der Waals surface area contributed by atoms with Crippen LogP contribution in [0.3, 0.4) is 0 Å². The van der Waals surface area contributed by atoms with E-state index in [9.17, 15) is 4.79 Å². The monoisotopic (exact) mass is 400 g/mol. The van der Waals surface area contributed by atoms with E-state index in [0.29, 0.717) is 41.6 Å². The fourth-order valence-electron chi connectivity index (χ4n) is 2.85. The Bertz CT molecular complexity index is 1030. The van der Waals surface area contributed by atoms with Gasteiger partial charge in [0.2, 0.25) is 0 Å². The van der Waals surface area contributed by atoms with Crippen LogP contribution < -0.4 is 14.3 Å². The normalized spacial score (nSPS) is 11.8. The summed E-state index contributed by atoms with van der Waals surface area (Å²) in [7, 11) is 3.21. The number of carbonyl (C=O) groups excluding carboxylic acids is 1. The van der Waals surface area contributed by atoms with Crippen LogP contribution in [-0.2, 0) is 11.3 Å². The fourth-order valence-corrected chi connectivity index (χ4v) is 3.91. The molecule has 0 radical (unpaired) electrons. The van der Waals surface area contributed by atoms with Crippen molar-refractivity contribution in [2.24, 2.45) is 4.99 Å². The van der Waals surface area contributed by atoms with Crippen molar-refractivity contribution >= 4 is 27.5 Å². The molecular weight excluding hydrogens is 376 g/mol. The highest BCUT2D eigenvalue weighted by atomic mass is 32.1. The predicted octanol–water partition coefficient (Wildman–Crippen LogP) is 3.81. The van der Waals surface area contributed by atoms with E-state index in [-0.39, 0.29) is 5.91 Å². The van der Waals surface area contributed by atoms with Gasteiger partial charge in [0.05, 0.1) is 31.0 Å². The van der Waals surface area contributed by atoms with Crippen LogP contribution in [0.1, 0.15) is 22.8 Å². The summed E-state index contributed by atoms with van der Waals surface area (Å²) in [6, 6.07) is 11.2. The molecule has 0 aliphatic rings. The minimum absolute atomic E-state index is 0.268. The standard InChI is InChI=1S/C21H24N2O4S/c1-5-27-11-10-23-16-12-17(25-3)18(26-4)13-19(16)28-21(23)22-20(24)15-8-6-14(2)7-9-15/h6-9,12-13H,5,10-11H2,1-4H3. The van der Waals surface area contributed by atoms with E-state index in [1.807, 2.05) is 42.7 Å². The van der Waals surface area contributed by atoms with Crippen molar-refractivity contribution in [3.63, 3.8) is 0 Å². The number of rotatable bonds is 7. The maximum atomic E-state index is 12.7. The lowest BCUT2D eigenvalue weighted by atomic mass is 10.1. The molecule has 0 aliphatic heterocycles. The van der Waals surface area contributed by atoms with Crippen molar-refractivity contribution in [3.8, 4) is 11.5 Å². The van der Waals surface area contributed by atoms with Crippen molar-refractivity contribution in [2.75, 3.05) is 27.4 Å². The molecule has 6 nitrogen and oxygen atoms in total. The zero-order valence-electron chi connectivity index (χ0n) is 16.5. The van der Waals surface area contributed by atoms with Gasteiger partial charge < -0.3 is 18.8 Å². The van der Waals surface area contributed by atoms with Gasteiger partial charge in [-0.3, -0.25) is 4.79 Å². The molecule has 0 unspecified atom stereocenters. The van der Waals surface area contributed by atoms with Gasteiger partial charge in [-0.25, -0.2) is 0 Å². The molecule has 0 fully saturated rings. The minimum Gasteiger partial charge on any atom is -0.493 e. The summed E-state index contributed by atoms with van der Waals surface area (Å²) in [5.74, 6) is 1.01. The van der Waals surface area contributed by atoms with E-state index in [2.05, 4.69) is 4.99 Å². The van der Waals surface area contributed by atoms with Gasteiger partial charge in [0, 0.05) is 30.8 Å². The second-order valence-corrected chi connectivity index (χ2v) is 7.20. The Morgan fingerprint density at radius 1 is 1.11 bits per heavy atom. The first-order valence-electron chi connectivity index (χ1n) is 9.06. The third-order valence-electron chi connectivity index (χ3n) is 4.35. The number of fused-ring (bicyclic) bond motifs is 1. The number of hydrogen-bond acceptors (Lipinski definition) is 5. The quantitative estimate of drug-likeness (QED) is 0.566. The Kier molecular flexibility index (Phi) is 6.49. The van der Waals surface area contributed by atoms with E-state index in [1.165, 1.54) is 11.3 Å². The zero-order valence-corrected chi connectivity index (χ0v) is 17.3. The number of thiazole rings is 1. The number of methoxy groups -OCH3 is 2. The second-order valence-electron chi connectivity index (χ2n) is 6.19. The molecule has 0 aliphatic carbocycles. The number of amides is 1. The third kappa shape index (κ3) is 4.26. The highest BCUT2D eigenvalue weighted by Crippen LogP contribution is 2.33. The van der Waals surface area contributed by atoms with Crippen LogP contribution in [0.15, 0.2) is 41.4 Å². The van der Waals surface area contributed by atoms with Gasteiger partial charge in [0.25, 0.3) is 5.91 Å². The molecule has 1 aromatic heterocycles. The van der Waals surface area contributed by atoms with Gasteiger partial charge in [-0.05, 0) is 26.0 Å². The number of aryl methyl sites for hydroxylation is 1. The highest BCUT2D eigenvalue weighted by molar-refractivity contribution is 7.16. The number of aromatic nitrogens is 1. The third-order valence-corrected chi connectivity index (χ3v) is 5.39. The van der Waals surface area contributed by atoms with Gasteiger partial charge >= 0.3 is 0 Å². The molecule has 0 atom stereocenters. The number of nitrogens with zero attached hydrogens (tertiary/aromatic N) is 2. The molecule has 148 valence electrons. The number of ether oxygens (including phenoxy) is 3. The van der Waals surface area contributed by atoms with E-state index >= 15 is 0 Å². The smallest absolute Gasteiger partial charge is 0.279 e. The maximum Gasteiger partial charge on any atom is 0.279 e. The molecule has 0 N–H and O–H groups in total. The summed E-state index contributed by atoms with van der Waals surface area (Å²) in [4.78, 5) is 17.7. The molecule has 1 amide bonds. The SMILES string of the molecule is CCOCCn1c(=NC(=O)c2ccc(C)cc2)sc2cc(OC)c(OC)cc21. The summed E-state index contributed by atoms with van der Waals surface area (Å²) in [5.41, 5.74) is 2.59. The highest BCUT2D eigenvalue weighted by Gasteiger charge is 2.14. The van der Waals surface area contributed by atoms with Gasteiger partial charge in [-0.1, -0.05) is 29.0 Å². The molecule has 3 aromatic rings. The Labute approximate surface area is 168 Å². The van der Waals surface area contributed by atoms with Gasteiger partial charge in [-0.15, -0.1) is 0 Å². The number of benzene rings is 2. The largest absolute Gasteiger partial charge is 0.493 e. The second kappa shape index (κ2) is 9.03. The molecule has 0 saturated carbocycles. The van der Waals surface area contributed by atoms with E-state index in [0.717, 1.165) is 15.8 Å². The molecule has 3 rings (SSSR count). The summed E-state index contributed by atoms with van der Waals surface area (Å²) >= 11 is 1.44. The van der Waals surface area contributed by atoms with E-state index in [1.54, 1.807) is 26.4 Å². The Morgan fingerprint density at radius 2 is 1.79 bits per heavy atom. The molecule has 0 spiro atoms. The Balaban J connectivity index is 2.12. The molecule has 1 heterocycles. The van der Waals surface area contributed by atoms with Crippen LogP contribution >= 0.6 is 11.3 Å². The first kappa shape index (κ1) is 20.1. The average molecular weight is 401 g/mol. The fraction of sp³-hybridized carbons (Fsp3) is 0.333. The summed E-state index contributed by atoms with van der Waals surface area (Å²) < 4.78 is 19.3. The van der Waals surface area contributed by atoms with E-state index in [4.69, 9.17) is 14.2 Å². The van der Waals surface area contributed by atoms with Crippen LogP contribution in [0.4, 0.5) is 0 Å². The lowest BCUT2D eigenvalue weighted by Gasteiger charge is -2.09. The number of hydrogen-bond donors (Lipinski definition) is 0. The van der Waals surface area contributed by atoms with Crippen molar-refractivity contribution in [1.82, 2.24) is 4.57 Å². The predicted molar refractivity (Wildman–Crippen MR) is 110 cm³/mol. The first-order chi connectivity index (χ1) is 13.6. The van der Waals surface area contributed by atoms with Crippen molar-refractivity contribution in [2.45, 2.75) is 20.4 Å². The Morgan fingerprint density at radius 3 is 2.43 bits per heavy atom. The first-order valence-corrected chi connectivity index (χ1v) is 9.87.